The summed E-state index contributed by atoms with van der Waals surface area (Å²) in [5.41, 5.74) is 0.292. The minimum absolute atomic E-state index is 0.228. The van der Waals surface area contributed by atoms with E-state index < -0.39 is 17.9 Å². The Morgan fingerprint density at radius 1 is 1.00 bits per heavy atom. The molecule has 172 valence electrons. The van der Waals surface area contributed by atoms with Crippen molar-refractivity contribution in [1.82, 2.24) is 10.6 Å². The number of benzene rings is 1. The highest BCUT2D eigenvalue weighted by Crippen LogP contribution is 2.23. The van der Waals surface area contributed by atoms with Crippen LogP contribution in [0.1, 0.15) is 56.3 Å². The van der Waals surface area contributed by atoms with Gasteiger partial charge in [0.25, 0.3) is 11.8 Å². The Hall–Kier alpha value is -2.77. The molecule has 2 amide bonds. The van der Waals surface area contributed by atoms with Gasteiger partial charge < -0.3 is 24.8 Å². The third kappa shape index (κ3) is 7.77. The molecular formula is C23H34N2O6. The minimum Gasteiger partial charge on any atom is -0.497 e. The molecule has 1 fully saturated rings. The summed E-state index contributed by atoms with van der Waals surface area (Å²) >= 11 is 0. The zero-order valence-electron chi connectivity index (χ0n) is 18.9. The second-order valence-corrected chi connectivity index (χ2v) is 8.21. The van der Waals surface area contributed by atoms with Gasteiger partial charge in [-0.15, -0.1) is 0 Å². The number of nitrogens with one attached hydrogen (secondary N) is 2. The topological polar surface area (TPSA) is 103 Å². The lowest BCUT2D eigenvalue weighted by atomic mass is 9.89. The smallest absolute Gasteiger partial charge is 0.329 e. The van der Waals surface area contributed by atoms with Gasteiger partial charge in [-0.1, -0.05) is 33.1 Å². The van der Waals surface area contributed by atoms with Gasteiger partial charge in [-0.3, -0.25) is 9.59 Å². The van der Waals surface area contributed by atoms with Gasteiger partial charge in [-0.05, 0) is 36.8 Å². The Bertz CT molecular complexity index is 736. The van der Waals surface area contributed by atoms with Crippen molar-refractivity contribution in [3.63, 3.8) is 0 Å². The first kappa shape index (κ1) is 24.5. The Morgan fingerprint density at radius 3 is 2.16 bits per heavy atom. The predicted molar refractivity (Wildman–Crippen MR) is 116 cm³/mol. The van der Waals surface area contributed by atoms with E-state index in [0.29, 0.717) is 29.5 Å². The highest BCUT2D eigenvalue weighted by Gasteiger charge is 2.27. The standard InChI is InChI=1S/C23H34N2O6/c1-15(2)21(25-22(27)17-10-18(29-3)12-19(11-17)30-4)23(28)31-14-20(26)24-13-16-8-6-5-7-9-16/h10-12,15-16,21H,5-9,13-14H2,1-4H3,(H,24,26)(H,25,27). The first-order valence-electron chi connectivity index (χ1n) is 10.8. The summed E-state index contributed by atoms with van der Waals surface area (Å²) < 4.78 is 15.5. The molecule has 0 bridgehead atoms. The zero-order chi connectivity index (χ0) is 22.8. The molecule has 0 spiro atoms. The molecule has 1 saturated carbocycles. The Morgan fingerprint density at radius 2 is 1.61 bits per heavy atom. The number of carbonyl (C=O) groups excluding carboxylic acids is 3. The molecule has 2 rings (SSSR count). The number of carbonyl (C=O) groups is 3. The van der Waals surface area contributed by atoms with E-state index in [9.17, 15) is 14.4 Å². The second kappa shape index (κ2) is 12.2. The normalized spacial score (nSPS) is 15.1. The summed E-state index contributed by atoms with van der Waals surface area (Å²) in [6, 6.07) is 3.87. The molecule has 8 heteroatoms. The maximum absolute atomic E-state index is 12.7. The molecule has 0 aliphatic heterocycles. The maximum atomic E-state index is 12.7. The number of hydrogen-bond donors (Lipinski definition) is 2. The maximum Gasteiger partial charge on any atom is 0.329 e. The number of amides is 2. The second-order valence-electron chi connectivity index (χ2n) is 8.21. The summed E-state index contributed by atoms with van der Waals surface area (Å²) in [6.45, 7) is 3.83. The van der Waals surface area contributed by atoms with E-state index in [2.05, 4.69) is 10.6 Å². The van der Waals surface area contributed by atoms with Crippen molar-refractivity contribution in [2.45, 2.75) is 52.0 Å². The van der Waals surface area contributed by atoms with Crippen LogP contribution in [0.4, 0.5) is 0 Å². The lowest BCUT2D eigenvalue weighted by Crippen LogP contribution is -2.46. The quantitative estimate of drug-likeness (QED) is 0.549. The summed E-state index contributed by atoms with van der Waals surface area (Å²) in [4.78, 5) is 37.3. The summed E-state index contributed by atoms with van der Waals surface area (Å²) in [5, 5.41) is 5.52. The molecule has 0 radical (unpaired) electrons. The Kier molecular flexibility index (Phi) is 9.62. The molecule has 8 nitrogen and oxygen atoms in total. The molecule has 1 aromatic carbocycles. The van der Waals surface area contributed by atoms with Crippen LogP contribution in [-0.2, 0) is 14.3 Å². The number of methoxy groups -OCH3 is 2. The number of ether oxygens (including phenoxy) is 3. The van der Waals surface area contributed by atoms with E-state index in [1.165, 1.54) is 33.5 Å². The van der Waals surface area contributed by atoms with E-state index in [0.717, 1.165) is 12.8 Å². The average Bonchev–Trinajstić information content (AvgIpc) is 2.79. The van der Waals surface area contributed by atoms with Crippen LogP contribution in [0.15, 0.2) is 18.2 Å². The first-order valence-corrected chi connectivity index (χ1v) is 10.8. The van der Waals surface area contributed by atoms with Crippen molar-refractivity contribution in [3.05, 3.63) is 23.8 Å². The van der Waals surface area contributed by atoms with E-state index >= 15 is 0 Å². The Balaban J connectivity index is 1.89. The fraction of sp³-hybridized carbons (Fsp3) is 0.609. The van der Waals surface area contributed by atoms with Crippen LogP contribution >= 0.6 is 0 Å². The van der Waals surface area contributed by atoms with Gasteiger partial charge in [0.1, 0.15) is 17.5 Å². The minimum atomic E-state index is -0.893. The van der Waals surface area contributed by atoms with Crippen molar-refractivity contribution in [2.24, 2.45) is 11.8 Å². The van der Waals surface area contributed by atoms with Crippen molar-refractivity contribution in [3.8, 4) is 11.5 Å². The predicted octanol–water partition coefficient (Wildman–Crippen LogP) is 2.70. The van der Waals surface area contributed by atoms with Crippen molar-refractivity contribution < 1.29 is 28.6 Å². The van der Waals surface area contributed by atoms with Crippen LogP contribution in [-0.4, -0.2) is 51.2 Å². The van der Waals surface area contributed by atoms with Crippen LogP contribution in [0.25, 0.3) is 0 Å². The van der Waals surface area contributed by atoms with Gasteiger partial charge in [0, 0.05) is 18.2 Å². The monoisotopic (exact) mass is 434 g/mol. The van der Waals surface area contributed by atoms with Crippen LogP contribution in [0, 0.1) is 11.8 Å². The molecule has 1 unspecified atom stereocenters. The highest BCUT2D eigenvalue weighted by molar-refractivity contribution is 5.97. The molecule has 1 aromatic rings. The average molecular weight is 435 g/mol. The number of esters is 1. The fourth-order valence-corrected chi connectivity index (χ4v) is 3.59. The number of hydrogen-bond acceptors (Lipinski definition) is 6. The first-order chi connectivity index (χ1) is 14.8. The highest BCUT2D eigenvalue weighted by atomic mass is 16.5. The molecule has 1 atom stereocenters. The lowest BCUT2D eigenvalue weighted by Gasteiger charge is -2.22. The number of rotatable bonds is 10. The van der Waals surface area contributed by atoms with Gasteiger partial charge in [-0.25, -0.2) is 4.79 Å². The van der Waals surface area contributed by atoms with E-state index in [-0.39, 0.29) is 18.4 Å². The third-order valence-corrected chi connectivity index (χ3v) is 5.48. The molecule has 31 heavy (non-hydrogen) atoms. The van der Waals surface area contributed by atoms with Crippen LogP contribution in [0.2, 0.25) is 0 Å². The van der Waals surface area contributed by atoms with Crippen molar-refractivity contribution in [1.29, 1.82) is 0 Å². The molecule has 0 aromatic heterocycles. The third-order valence-electron chi connectivity index (χ3n) is 5.48. The van der Waals surface area contributed by atoms with Crippen LogP contribution in [0.3, 0.4) is 0 Å². The van der Waals surface area contributed by atoms with Gasteiger partial charge >= 0.3 is 5.97 Å². The van der Waals surface area contributed by atoms with Crippen LogP contribution < -0.4 is 20.1 Å². The van der Waals surface area contributed by atoms with Crippen molar-refractivity contribution >= 4 is 17.8 Å². The summed E-state index contributed by atoms with van der Waals surface area (Å²) in [7, 11) is 2.98. The molecule has 0 saturated heterocycles. The fourth-order valence-electron chi connectivity index (χ4n) is 3.59. The molecule has 1 aliphatic carbocycles. The molecule has 0 heterocycles. The van der Waals surface area contributed by atoms with Gasteiger partial charge in [0.2, 0.25) is 0 Å². The van der Waals surface area contributed by atoms with Gasteiger partial charge in [0.05, 0.1) is 14.2 Å². The summed E-state index contributed by atoms with van der Waals surface area (Å²) in [6.07, 6.45) is 5.90. The Labute approximate surface area is 184 Å². The SMILES string of the molecule is COc1cc(OC)cc(C(=O)NC(C(=O)OCC(=O)NCC2CCCCC2)C(C)C)c1. The lowest BCUT2D eigenvalue weighted by molar-refractivity contribution is -0.151. The van der Waals surface area contributed by atoms with Crippen LogP contribution in [0.5, 0.6) is 11.5 Å². The summed E-state index contributed by atoms with van der Waals surface area (Å²) in [5.74, 6) is -0.248. The molecular weight excluding hydrogens is 400 g/mol. The largest absolute Gasteiger partial charge is 0.497 e. The van der Waals surface area contributed by atoms with Crippen molar-refractivity contribution in [2.75, 3.05) is 27.4 Å². The van der Waals surface area contributed by atoms with E-state index in [1.807, 2.05) is 0 Å². The van der Waals surface area contributed by atoms with E-state index in [4.69, 9.17) is 14.2 Å². The van der Waals surface area contributed by atoms with E-state index in [1.54, 1.807) is 32.0 Å². The van der Waals surface area contributed by atoms with Gasteiger partial charge in [0.15, 0.2) is 6.61 Å². The zero-order valence-corrected chi connectivity index (χ0v) is 18.9. The van der Waals surface area contributed by atoms with Gasteiger partial charge in [-0.2, -0.15) is 0 Å². The molecule has 1 aliphatic rings. The molecule has 2 N–H and O–H groups in total.